The molecule has 0 aliphatic carbocycles. The average molecular weight is 384 g/mol. The first-order valence-electron chi connectivity index (χ1n) is 10.0. The van der Waals surface area contributed by atoms with E-state index in [0.717, 1.165) is 61.8 Å². The molecular weight excluding hydrogens is 350 g/mol. The summed E-state index contributed by atoms with van der Waals surface area (Å²) < 4.78 is 0. The normalized spacial score (nSPS) is 16.5. The molecule has 2 aromatic rings. The van der Waals surface area contributed by atoms with Crippen molar-refractivity contribution in [1.82, 2.24) is 4.90 Å². The van der Waals surface area contributed by atoms with Crippen molar-refractivity contribution in [2.45, 2.75) is 13.8 Å². The molecule has 3 rings (SSSR count). The van der Waals surface area contributed by atoms with Crippen LogP contribution in [-0.2, 0) is 0 Å². The maximum absolute atomic E-state index is 9.45. The SMILES string of the molecule is Cc1cc(N2CCN(CCO)CCN(c3ccc(N)c(C)c3)CC2)ccc1N. The first kappa shape index (κ1) is 20.3. The van der Waals surface area contributed by atoms with Gasteiger partial charge >= 0.3 is 0 Å². The van der Waals surface area contributed by atoms with Crippen LogP contribution in [-0.4, -0.2) is 62.4 Å². The summed E-state index contributed by atoms with van der Waals surface area (Å²) in [5.41, 5.74) is 18.3. The summed E-state index contributed by atoms with van der Waals surface area (Å²) in [4.78, 5) is 7.16. The molecular formula is C22H33N5O. The number of rotatable bonds is 4. The van der Waals surface area contributed by atoms with Crippen LogP contribution < -0.4 is 21.3 Å². The third-order valence-corrected chi connectivity index (χ3v) is 5.67. The van der Waals surface area contributed by atoms with Gasteiger partial charge in [-0.3, -0.25) is 4.90 Å². The minimum atomic E-state index is 0.182. The van der Waals surface area contributed by atoms with Gasteiger partial charge in [0.15, 0.2) is 0 Å². The van der Waals surface area contributed by atoms with E-state index in [1.807, 2.05) is 12.1 Å². The fourth-order valence-corrected chi connectivity index (χ4v) is 3.70. The second-order valence-corrected chi connectivity index (χ2v) is 7.62. The van der Waals surface area contributed by atoms with E-state index in [1.165, 1.54) is 11.4 Å². The number of β-amino-alcohol motifs (C(OH)–C–C–N with tert-alkyl or cyclic N) is 1. The van der Waals surface area contributed by atoms with Crippen LogP contribution in [0.4, 0.5) is 22.7 Å². The molecule has 152 valence electrons. The van der Waals surface area contributed by atoms with Crippen LogP contribution in [0.1, 0.15) is 11.1 Å². The summed E-state index contributed by atoms with van der Waals surface area (Å²) in [6.07, 6.45) is 0. The van der Waals surface area contributed by atoms with E-state index in [2.05, 4.69) is 52.8 Å². The van der Waals surface area contributed by atoms with E-state index in [-0.39, 0.29) is 6.61 Å². The van der Waals surface area contributed by atoms with Crippen molar-refractivity contribution in [2.75, 3.05) is 73.7 Å². The first-order valence-corrected chi connectivity index (χ1v) is 10.0. The van der Waals surface area contributed by atoms with Crippen LogP contribution in [0.2, 0.25) is 0 Å². The summed E-state index contributed by atoms with van der Waals surface area (Å²) >= 11 is 0. The molecule has 28 heavy (non-hydrogen) atoms. The minimum Gasteiger partial charge on any atom is -0.399 e. The van der Waals surface area contributed by atoms with Crippen molar-refractivity contribution in [2.24, 2.45) is 0 Å². The van der Waals surface area contributed by atoms with Gasteiger partial charge in [0.1, 0.15) is 0 Å². The van der Waals surface area contributed by atoms with Crippen LogP contribution in [0.3, 0.4) is 0 Å². The van der Waals surface area contributed by atoms with Crippen molar-refractivity contribution in [3.8, 4) is 0 Å². The van der Waals surface area contributed by atoms with Gasteiger partial charge in [0.05, 0.1) is 6.61 Å². The van der Waals surface area contributed by atoms with Crippen molar-refractivity contribution >= 4 is 22.7 Å². The zero-order valence-corrected chi connectivity index (χ0v) is 17.1. The lowest BCUT2D eigenvalue weighted by Crippen LogP contribution is -2.37. The smallest absolute Gasteiger partial charge is 0.0558 e. The molecule has 0 spiro atoms. The van der Waals surface area contributed by atoms with E-state index in [4.69, 9.17) is 11.5 Å². The third-order valence-electron chi connectivity index (χ3n) is 5.67. The number of nitrogens with zero attached hydrogens (tertiary/aromatic N) is 3. The molecule has 1 saturated heterocycles. The molecule has 1 aliphatic rings. The zero-order chi connectivity index (χ0) is 20.1. The second-order valence-electron chi connectivity index (χ2n) is 7.62. The molecule has 0 bridgehead atoms. The van der Waals surface area contributed by atoms with Gasteiger partial charge in [0, 0.05) is 68.6 Å². The molecule has 2 aromatic carbocycles. The van der Waals surface area contributed by atoms with Gasteiger partial charge in [-0.2, -0.15) is 0 Å². The van der Waals surface area contributed by atoms with Crippen LogP contribution in [0.15, 0.2) is 36.4 Å². The Morgan fingerprint density at radius 3 is 1.57 bits per heavy atom. The highest BCUT2D eigenvalue weighted by Gasteiger charge is 2.17. The number of aliphatic hydroxyl groups is 1. The Labute approximate surface area is 168 Å². The Morgan fingerprint density at radius 1 is 0.750 bits per heavy atom. The molecule has 1 heterocycles. The van der Waals surface area contributed by atoms with Gasteiger partial charge in [-0.05, 0) is 61.4 Å². The Hall–Kier alpha value is -2.44. The maximum Gasteiger partial charge on any atom is 0.0558 e. The highest BCUT2D eigenvalue weighted by Crippen LogP contribution is 2.23. The predicted molar refractivity (Wildman–Crippen MR) is 119 cm³/mol. The van der Waals surface area contributed by atoms with Crippen molar-refractivity contribution in [1.29, 1.82) is 0 Å². The van der Waals surface area contributed by atoms with Crippen LogP contribution in [0.5, 0.6) is 0 Å². The van der Waals surface area contributed by atoms with Gasteiger partial charge in [0.25, 0.3) is 0 Å². The number of anilines is 4. The average Bonchev–Trinajstić information content (AvgIpc) is 2.78. The fourth-order valence-electron chi connectivity index (χ4n) is 3.70. The van der Waals surface area contributed by atoms with Gasteiger partial charge in [-0.15, -0.1) is 0 Å². The summed E-state index contributed by atoms with van der Waals surface area (Å²) in [7, 11) is 0. The second kappa shape index (κ2) is 9.17. The molecule has 0 aromatic heterocycles. The number of aryl methyl sites for hydroxylation is 2. The van der Waals surface area contributed by atoms with E-state index >= 15 is 0 Å². The van der Waals surface area contributed by atoms with E-state index in [9.17, 15) is 5.11 Å². The molecule has 6 heteroatoms. The third kappa shape index (κ3) is 4.88. The molecule has 6 nitrogen and oxygen atoms in total. The Bertz CT molecular complexity index is 731. The maximum atomic E-state index is 9.45. The Morgan fingerprint density at radius 2 is 1.18 bits per heavy atom. The van der Waals surface area contributed by atoms with Crippen LogP contribution in [0.25, 0.3) is 0 Å². The van der Waals surface area contributed by atoms with E-state index in [0.29, 0.717) is 6.54 Å². The number of nitrogens with two attached hydrogens (primary N) is 2. The van der Waals surface area contributed by atoms with Gasteiger partial charge in [-0.25, -0.2) is 0 Å². The van der Waals surface area contributed by atoms with Gasteiger partial charge in [-0.1, -0.05) is 0 Å². The van der Waals surface area contributed by atoms with Crippen molar-refractivity contribution in [3.63, 3.8) is 0 Å². The summed E-state index contributed by atoms with van der Waals surface area (Å²) in [6, 6.07) is 12.5. The van der Waals surface area contributed by atoms with Crippen molar-refractivity contribution in [3.05, 3.63) is 47.5 Å². The summed E-state index contributed by atoms with van der Waals surface area (Å²) in [5, 5.41) is 9.45. The standard InChI is InChI=1S/C22H33N5O/c1-17-15-19(3-5-21(17)23)26-9-7-25(13-14-28)8-10-27(12-11-26)20-4-6-22(24)18(2)16-20/h3-6,15-16,28H,7-14,23-24H2,1-2H3. The summed E-state index contributed by atoms with van der Waals surface area (Å²) in [6.45, 7) is 10.6. The minimum absolute atomic E-state index is 0.182. The lowest BCUT2D eigenvalue weighted by molar-refractivity contribution is 0.202. The zero-order valence-electron chi connectivity index (χ0n) is 17.1. The highest BCUT2D eigenvalue weighted by atomic mass is 16.3. The predicted octanol–water partition coefficient (Wildman–Crippen LogP) is 2.09. The highest BCUT2D eigenvalue weighted by molar-refractivity contribution is 5.60. The molecule has 1 aliphatic heterocycles. The molecule has 0 saturated carbocycles. The lowest BCUT2D eigenvalue weighted by atomic mass is 10.1. The molecule has 0 unspecified atom stereocenters. The molecule has 0 atom stereocenters. The number of aliphatic hydroxyl groups excluding tert-OH is 1. The summed E-state index contributed by atoms with van der Waals surface area (Å²) in [5.74, 6) is 0. The fraction of sp³-hybridized carbons (Fsp3) is 0.455. The van der Waals surface area contributed by atoms with E-state index < -0.39 is 0 Å². The van der Waals surface area contributed by atoms with Crippen LogP contribution >= 0.6 is 0 Å². The molecule has 0 radical (unpaired) electrons. The Balaban J connectivity index is 1.84. The van der Waals surface area contributed by atoms with Gasteiger partial charge in [0.2, 0.25) is 0 Å². The molecule has 5 N–H and O–H groups in total. The van der Waals surface area contributed by atoms with Gasteiger partial charge < -0.3 is 26.4 Å². The topological polar surface area (TPSA) is 82.0 Å². The van der Waals surface area contributed by atoms with Crippen LogP contribution in [0, 0.1) is 13.8 Å². The Kier molecular flexibility index (Phi) is 6.65. The number of benzene rings is 2. The largest absolute Gasteiger partial charge is 0.399 e. The lowest BCUT2D eigenvalue weighted by Gasteiger charge is -2.29. The quantitative estimate of drug-likeness (QED) is 0.702. The van der Waals surface area contributed by atoms with E-state index in [1.54, 1.807) is 0 Å². The first-order chi connectivity index (χ1) is 13.5. The molecule has 0 amide bonds. The van der Waals surface area contributed by atoms with Crippen molar-refractivity contribution < 1.29 is 5.11 Å². The number of nitrogen functional groups attached to an aromatic ring is 2. The number of hydrogen-bond donors (Lipinski definition) is 3. The monoisotopic (exact) mass is 383 g/mol. The molecule has 1 fully saturated rings. The number of hydrogen-bond acceptors (Lipinski definition) is 6.